The molecule has 0 saturated carbocycles. The van der Waals surface area contributed by atoms with Gasteiger partial charge in [-0.15, -0.1) is 0 Å². The largest absolute Gasteiger partial charge is 0.334 e. The molecule has 0 aliphatic carbocycles. The Morgan fingerprint density at radius 1 is 1.12 bits per heavy atom. The van der Waals surface area contributed by atoms with E-state index < -0.39 is 0 Å². The van der Waals surface area contributed by atoms with Gasteiger partial charge in [0.05, 0.1) is 0 Å². The van der Waals surface area contributed by atoms with E-state index in [-0.39, 0.29) is 8.07 Å². The molecule has 44 valence electrons. The highest BCUT2D eigenvalue weighted by molar-refractivity contribution is 7.54. The van der Waals surface area contributed by atoms with Crippen LogP contribution < -0.4 is 0 Å². The SMILES string of the molecule is CP(C)n1cccc1. The first-order valence-electron chi connectivity index (χ1n) is 2.61. The molecule has 1 aromatic heterocycles. The molecule has 0 spiro atoms. The Morgan fingerprint density at radius 2 is 1.62 bits per heavy atom. The first kappa shape index (κ1) is 5.84. The van der Waals surface area contributed by atoms with Crippen molar-refractivity contribution in [1.82, 2.24) is 4.34 Å². The van der Waals surface area contributed by atoms with Crippen molar-refractivity contribution in [2.45, 2.75) is 0 Å². The summed E-state index contributed by atoms with van der Waals surface area (Å²) in [6.07, 6.45) is 4.21. The van der Waals surface area contributed by atoms with Crippen molar-refractivity contribution in [1.29, 1.82) is 0 Å². The van der Waals surface area contributed by atoms with Crippen molar-refractivity contribution in [3.8, 4) is 0 Å². The minimum Gasteiger partial charge on any atom is -0.334 e. The van der Waals surface area contributed by atoms with Gasteiger partial charge in [0.1, 0.15) is 0 Å². The van der Waals surface area contributed by atoms with Gasteiger partial charge in [0.25, 0.3) is 0 Å². The summed E-state index contributed by atoms with van der Waals surface area (Å²) >= 11 is 0. The van der Waals surface area contributed by atoms with Crippen LogP contribution in [0.4, 0.5) is 0 Å². The van der Waals surface area contributed by atoms with Crippen LogP contribution in [0.25, 0.3) is 0 Å². The lowest BCUT2D eigenvalue weighted by molar-refractivity contribution is 1.26. The van der Waals surface area contributed by atoms with E-state index in [2.05, 4.69) is 42.2 Å². The molecular formula is C6H10NP. The predicted molar refractivity (Wildman–Crippen MR) is 38.6 cm³/mol. The van der Waals surface area contributed by atoms with Crippen molar-refractivity contribution in [3.63, 3.8) is 0 Å². The molecule has 1 nitrogen and oxygen atoms in total. The molecule has 0 saturated heterocycles. The van der Waals surface area contributed by atoms with Crippen molar-refractivity contribution < 1.29 is 0 Å². The van der Waals surface area contributed by atoms with E-state index in [9.17, 15) is 0 Å². The van der Waals surface area contributed by atoms with Crippen molar-refractivity contribution in [3.05, 3.63) is 24.5 Å². The van der Waals surface area contributed by atoms with Gasteiger partial charge in [-0.3, -0.25) is 0 Å². The zero-order valence-electron chi connectivity index (χ0n) is 5.20. The van der Waals surface area contributed by atoms with E-state index >= 15 is 0 Å². The van der Waals surface area contributed by atoms with E-state index in [0.29, 0.717) is 0 Å². The van der Waals surface area contributed by atoms with Crippen LogP contribution in [0.15, 0.2) is 24.5 Å². The summed E-state index contributed by atoms with van der Waals surface area (Å²) in [5.74, 6) is 0. The molecule has 0 amide bonds. The second-order valence-electron chi connectivity index (χ2n) is 1.91. The van der Waals surface area contributed by atoms with Crippen LogP contribution in [0.5, 0.6) is 0 Å². The topological polar surface area (TPSA) is 4.93 Å². The number of aromatic nitrogens is 1. The normalized spacial score (nSPS) is 10.4. The van der Waals surface area contributed by atoms with Gasteiger partial charge < -0.3 is 4.34 Å². The molecular weight excluding hydrogens is 117 g/mol. The molecule has 1 rings (SSSR count). The van der Waals surface area contributed by atoms with Gasteiger partial charge in [-0.05, 0) is 33.5 Å². The Bertz CT molecular complexity index is 144. The molecule has 0 aromatic carbocycles. The number of nitrogens with zero attached hydrogens (tertiary/aromatic N) is 1. The molecule has 0 aliphatic heterocycles. The second kappa shape index (κ2) is 2.32. The maximum Gasteiger partial charge on any atom is 0.00735 e. The third kappa shape index (κ3) is 1.10. The first-order valence-corrected chi connectivity index (χ1v) is 4.80. The van der Waals surface area contributed by atoms with Crippen LogP contribution >= 0.6 is 8.07 Å². The van der Waals surface area contributed by atoms with Crippen LogP contribution in [0.2, 0.25) is 0 Å². The Morgan fingerprint density at radius 3 is 1.88 bits per heavy atom. The standard InChI is InChI=1S/C6H10NP/c1-8(2)7-5-3-4-6-7/h3-6H,1-2H3. The molecule has 2 heteroatoms. The Labute approximate surface area is 51.1 Å². The lowest BCUT2D eigenvalue weighted by Gasteiger charge is -2.04. The fraction of sp³-hybridized carbons (Fsp3) is 0.333. The monoisotopic (exact) mass is 127 g/mol. The lowest BCUT2D eigenvalue weighted by atomic mass is 10.7. The van der Waals surface area contributed by atoms with Gasteiger partial charge in [-0.2, -0.15) is 0 Å². The van der Waals surface area contributed by atoms with Crippen molar-refractivity contribution in [2.75, 3.05) is 13.3 Å². The molecule has 0 bridgehead atoms. The number of hydrogen-bond donors (Lipinski definition) is 0. The zero-order chi connectivity index (χ0) is 5.98. The Hall–Kier alpha value is -0.290. The van der Waals surface area contributed by atoms with Crippen LogP contribution in [0.1, 0.15) is 0 Å². The molecule has 0 aliphatic rings. The molecule has 0 radical (unpaired) electrons. The maximum absolute atomic E-state index is 2.23. The minimum atomic E-state index is 0.0581. The van der Waals surface area contributed by atoms with Gasteiger partial charge in [0.2, 0.25) is 0 Å². The van der Waals surface area contributed by atoms with Crippen molar-refractivity contribution in [2.24, 2.45) is 0 Å². The highest BCUT2D eigenvalue weighted by Gasteiger charge is 1.89. The third-order valence-electron chi connectivity index (χ3n) is 1.05. The maximum atomic E-state index is 2.23. The van der Waals surface area contributed by atoms with E-state index in [0.717, 1.165) is 0 Å². The Balaban J connectivity index is 2.77. The summed E-state index contributed by atoms with van der Waals surface area (Å²) < 4.78 is 2.23. The van der Waals surface area contributed by atoms with Gasteiger partial charge in [0, 0.05) is 12.4 Å². The predicted octanol–water partition coefficient (Wildman–Crippen LogP) is 1.99. The van der Waals surface area contributed by atoms with Gasteiger partial charge >= 0.3 is 0 Å². The highest BCUT2D eigenvalue weighted by atomic mass is 31.1. The number of hydrogen-bond acceptors (Lipinski definition) is 0. The smallest absolute Gasteiger partial charge is 0.00735 e. The summed E-state index contributed by atoms with van der Waals surface area (Å²) in [5, 5.41) is 0. The van der Waals surface area contributed by atoms with Gasteiger partial charge in [-0.1, -0.05) is 0 Å². The van der Waals surface area contributed by atoms with Crippen LogP contribution in [-0.4, -0.2) is 17.7 Å². The average molecular weight is 127 g/mol. The van der Waals surface area contributed by atoms with E-state index in [4.69, 9.17) is 0 Å². The van der Waals surface area contributed by atoms with Crippen LogP contribution in [0.3, 0.4) is 0 Å². The van der Waals surface area contributed by atoms with Gasteiger partial charge in [-0.25, -0.2) is 0 Å². The highest BCUT2D eigenvalue weighted by Crippen LogP contribution is 2.26. The first-order chi connectivity index (χ1) is 3.80. The molecule has 0 atom stereocenters. The molecule has 0 unspecified atom stereocenters. The van der Waals surface area contributed by atoms with Gasteiger partial charge in [0.15, 0.2) is 0 Å². The summed E-state index contributed by atoms with van der Waals surface area (Å²) in [4.78, 5) is 0. The summed E-state index contributed by atoms with van der Waals surface area (Å²) in [6.45, 7) is 4.46. The fourth-order valence-corrected chi connectivity index (χ4v) is 1.28. The molecule has 8 heavy (non-hydrogen) atoms. The quantitative estimate of drug-likeness (QED) is 0.508. The van der Waals surface area contributed by atoms with E-state index in [1.165, 1.54) is 0 Å². The Kier molecular flexibility index (Phi) is 1.69. The summed E-state index contributed by atoms with van der Waals surface area (Å²) in [7, 11) is 0.0581. The van der Waals surface area contributed by atoms with E-state index in [1.807, 2.05) is 0 Å². The molecule has 0 fully saturated rings. The van der Waals surface area contributed by atoms with Crippen LogP contribution in [-0.2, 0) is 0 Å². The van der Waals surface area contributed by atoms with E-state index in [1.54, 1.807) is 0 Å². The molecule has 1 heterocycles. The molecule has 0 N–H and O–H groups in total. The summed E-state index contributed by atoms with van der Waals surface area (Å²) in [6, 6.07) is 4.12. The van der Waals surface area contributed by atoms with Crippen molar-refractivity contribution >= 4 is 8.07 Å². The lowest BCUT2D eigenvalue weighted by Crippen LogP contribution is -1.80. The average Bonchev–Trinajstić information content (AvgIpc) is 2.12. The minimum absolute atomic E-state index is 0.0581. The van der Waals surface area contributed by atoms with Crippen LogP contribution in [0, 0.1) is 0 Å². The zero-order valence-corrected chi connectivity index (χ0v) is 6.10. The fourth-order valence-electron chi connectivity index (χ4n) is 0.592. The number of rotatable bonds is 1. The third-order valence-corrected chi connectivity index (χ3v) is 2.24. The molecule has 1 aromatic rings. The summed E-state index contributed by atoms with van der Waals surface area (Å²) in [5.41, 5.74) is 0. The second-order valence-corrected chi connectivity index (χ2v) is 4.07.